The van der Waals surface area contributed by atoms with E-state index < -0.39 is 11.9 Å². The van der Waals surface area contributed by atoms with Crippen molar-refractivity contribution in [2.75, 3.05) is 25.1 Å². The van der Waals surface area contributed by atoms with Crippen LogP contribution in [-0.4, -0.2) is 30.3 Å². The quantitative estimate of drug-likeness (QED) is 0.850. The van der Waals surface area contributed by atoms with Crippen molar-refractivity contribution < 1.29 is 18.3 Å². The van der Waals surface area contributed by atoms with Gasteiger partial charge in [0, 0.05) is 19.0 Å². The number of thiazole rings is 1. The summed E-state index contributed by atoms with van der Waals surface area (Å²) < 4.78 is 36.4. The fourth-order valence-electron chi connectivity index (χ4n) is 0.815. The van der Waals surface area contributed by atoms with Crippen molar-refractivity contribution >= 4 is 16.5 Å². The second-order valence-electron chi connectivity index (χ2n) is 2.66. The van der Waals surface area contributed by atoms with E-state index >= 15 is 0 Å². The van der Waals surface area contributed by atoms with E-state index in [0.29, 0.717) is 0 Å². The highest BCUT2D eigenvalue weighted by Crippen LogP contribution is 2.32. The number of hydrogen-bond donors (Lipinski definition) is 1. The van der Waals surface area contributed by atoms with Crippen molar-refractivity contribution in [1.82, 2.24) is 4.98 Å². The fourth-order valence-corrected chi connectivity index (χ4v) is 1.64. The predicted octanol–water partition coefficient (Wildman–Crippen LogP) is 1.59. The lowest BCUT2D eigenvalue weighted by molar-refractivity contribution is -0.140. The van der Waals surface area contributed by atoms with Gasteiger partial charge in [0.25, 0.3) is 0 Å². The van der Waals surface area contributed by atoms with Crippen molar-refractivity contribution in [3.05, 3.63) is 11.1 Å². The van der Waals surface area contributed by atoms with Gasteiger partial charge in [0.05, 0.1) is 6.61 Å². The standard InChI is InChI=1S/C7H9F3N2OS/c1-12(2-3-13)6-11-5(4-14-6)7(8,9)10/h4,13H,2-3H2,1H3. The minimum Gasteiger partial charge on any atom is -0.395 e. The van der Waals surface area contributed by atoms with Gasteiger partial charge in [-0.3, -0.25) is 0 Å². The zero-order valence-electron chi connectivity index (χ0n) is 7.38. The van der Waals surface area contributed by atoms with E-state index in [0.717, 1.165) is 16.7 Å². The van der Waals surface area contributed by atoms with Crippen LogP contribution < -0.4 is 4.90 Å². The molecule has 1 rings (SSSR count). The van der Waals surface area contributed by atoms with Crippen LogP contribution in [0.2, 0.25) is 0 Å². The number of aromatic nitrogens is 1. The first-order valence-corrected chi connectivity index (χ1v) is 4.68. The van der Waals surface area contributed by atoms with Gasteiger partial charge >= 0.3 is 6.18 Å². The first kappa shape index (κ1) is 11.3. The molecule has 3 nitrogen and oxygen atoms in total. The van der Waals surface area contributed by atoms with Gasteiger partial charge in [-0.15, -0.1) is 11.3 Å². The Balaban J connectivity index is 2.78. The van der Waals surface area contributed by atoms with Crippen LogP contribution in [0.5, 0.6) is 0 Å². The van der Waals surface area contributed by atoms with Gasteiger partial charge < -0.3 is 10.0 Å². The molecule has 0 aliphatic heterocycles. The lowest BCUT2D eigenvalue weighted by Crippen LogP contribution is -2.21. The van der Waals surface area contributed by atoms with E-state index in [-0.39, 0.29) is 18.3 Å². The molecular weight excluding hydrogens is 217 g/mol. The summed E-state index contributed by atoms with van der Waals surface area (Å²) in [5, 5.41) is 9.80. The number of likely N-dealkylation sites (N-methyl/N-ethyl adjacent to an activating group) is 1. The Morgan fingerprint density at radius 2 is 2.21 bits per heavy atom. The Morgan fingerprint density at radius 3 is 2.64 bits per heavy atom. The maximum atomic E-state index is 12.1. The van der Waals surface area contributed by atoms with Crippen molar-refractivity contribution in [2.45, 2.75) is 6.18 Å². The molecule has 1 heterocycles. The number of rotatable bonds is 3. The maximum Gasteiger partial charge on any atom is 0.434 e. The third kappa shape index (κ3) is 2.58. The third-order valence-corrected chi connectivity index (χ3v) is 2.50. The van der Waals surface area contributed by atoms with Gasteiger partial charge in [0.2, 0.25) is 0 Å². The number of nitrogens with zero attached hydrogens (tertiary/aromatic N) is 2. The molecule has 0 unspecified atom stereocenters. The van der Waals surface area contributed by atoms with Gasteiger partial charge in [0.15, 0.2) is 10.8 Å². The summed E-state index contributed by atoms with van der Waals surface area (Å²) in [7, 11) is 1.58. The Kier molecular flexibility index (Phi) is 3.33. The summed E-state index contributed by atoms with van der Waals surface area (Å²) in [5.74, 6) is 0. The summed E-state index contributed by atoms with van der Waals surface area (Å²) >= 11 is 0.908. The molecule has 1 N–H and O–H groups in total. The monoisotopic (exact) mass is 226 g/mol. The average Bonchev–Trinajstić information content (AvgIpc) is 2.51. The number of hydrogen-bond acceptors (Lipinski definition) is 4. The van der Waals surface area contributed by atoms with Gasteiger partial charge in [-0.2, -0.15) is 13.2 Å². The van der Waals surface area contributed by atoms with Gasteiger partial charge in [-0.05, 0) is 0 Å². The van der Waals surface area contributed by atoms with E-state index in [1.165, 1.54) is 4.90 Å². The SMILES string of the molecule is CN(CCO)c1nc(C(F)(F)F)cs1. The molecule has 0 fully saturated rings. The molecule has 0 atom stereocenters. The van der Waals surface area contributed by atoms with Crippen molar-refractivity contribution in [2.24, 2.45) is 0 Å². The zero-order valence-corrected chi connectivity index (χ0v) is 8.19. The highest BCUT2D eigenvalue weighted by molar-refractivity contribution is 7.13. The second kappa shape index (κ2) is 4.14. The van der Waals surface area contributed by atoms with E-state index in [1.54, 1.807) is 7.05 Å². The molecule has 0 saturated carbocycles. The Bertz CT molecular complexity index is 299. The van der Waals surface area contributed by atoms with E-state index in [9.17, 15) is 13.2 Å². The molecule has 1 aromatic heterocycles. The Morgan fingerprint density at radius 1 is 1.57 bits per heavy atom. The largest absolute Gasteiger partial charge is 0.434 e. The molecule has 80 valence electrons. The molecule has 14 heavy (non-hydrogen) atoms. The fraction of sp³-hybridized carbons (Fsp3) is 0.571. The van der Waals surface area contributed by atoms with Crippen LogP contribution in [0.3, 0.4) is 0 Å². The second-order valence-corrected chi connectivity index (χ2v) is 3.49. The molecule has 0 saturated heterocycles. The Hall–Kier alpha value is -0.820. The molecule has 0 amide bonds. The number of aliphatic hydroxyl groups is 1. The highest BCUT2D eigenvalue weighted by atomic mass is 32.1. The van der Waals surface area contributed by atoms with Crippen molar-refractivity contribution in [1.29, 1.82) is 0 Å². The topological polar surface area (TPSA) is 36.4 Å². The molecule has 0 spiro atoms. The number of alkyl halides is 3. The summed E-state index contributed by atoms with van der Waals surface area (Å²) in [6, 6.07) is 0. The molecule has 0 radical (unpaired) electrons. The van der Waals surface area contributed by atoms with Crippen LogP contribution in [0.4, 0.5) is 18.3 Å². The number of halogens is 3. The minimum absolute atomic E-state index is 0.114. The van der Waals surface area contributed by atoms with Crippen LogP contribution in [0.1, 0.15) is 5.69 Å². The normalized spacial score (nSPS) is 11.8. The van der Waals surface area contributed by atoms with E-state index in [4.69, 9.17) is 5.11 Å². The van der Waals surface area contributed by atoms with Crippen molar-refractivity contribution in [3.63, 3.8) is 0 Å². The molecule has 0 aromatic carbocycles. The molecular formula is C7H9F3N2OS. The lowest BCUT2D eigenvalue weighted by Gasteiger charge is -2.13. The number of anilines is 1. The minimum atomic E-state index is -4.39. The van der Waals surface area contributed by atoms with E-state index in [2.05, 4.69) is 4.98 Å². The van der Waals surface area contributed by atoms with Crippen LogP contribution in [0, 0.1) is 0 Å². The Labute approximate surface area is 82.8 Å². The van der Waals surface area contributed by atoms with E-state index in [1.807, 2.05) is 0 Å². The predicted molar refractivity (Wildman–Crippen MR) is 47.5 cm³/mol. The molecule has 0 aliphatic carbocycles. The third-order valence-electron chi connectivity index (χ3n) is 1.54. The van der Waals surface area contributed by atoms with Crippen LogP contribution in [-0.2, 0) is 6.18 Å². The van der Waals surface area contributed by atoms with Crippen LogP contribution >= 0.6 is 11.3 Å². The average molecular weight is 226 g/mol. The summed E-state index contributed by atoms with van der Waals surface area (Å²) in [6.45, 7) is 0.155. The smallest absolute Gasteiger partial charge is 0.395 e. The summed E-state index contributed by atoms with van der Waals surface area (Å²) in [5.41, 5.74) is -0.887. The molecule has 7 heteroatoms. The zero-order chi connectivity index (χ0) is 10.8. The van der Waals surface area contributed by atoms with Gasteiger partial charge in [-0.1, -0.05) is 0 Å². The van der Waals surface area contributed by atoms with Crippen LogP contribution in [0.15, 0.2) is 5.38 Å². The summed E-state index contributed by atoms with van der Waals surface area (Å²) in [4.78, 5) is 4.88. The van der Waals surface area contributed by atoms with Gasteiger partial charge in [0.1, 0.15) is 0 Å². The molecule has 1 aromatic rings. The number of aliphatic hydroxyl groups excluding tert-OH is 1. The van der Waals surface area contributed by atoms with Crippen LogP contribution in [0.25, 0.3) is 0 Å². The first-order valence-electron chi connectivity index (χ1n) is 3.80. The van der Waals surface area contributed by atoms with Gasteiger partial charge in [-0.25, -0.2) is 4.98 Å². The van der Waals surface area contributed by atoms with Crippen molar-refractivity contribution in [3.8, 4) is 0 Å². The maximum absolute atomic E-state index is 12.1. The summed E-state index contributed by atoms with van der Waals surface area (Å²) in [6.07, 6.45) is -4.39. The lowest BCUT2D eigenvalue weighted by atomic mass is 10.5. The first-order chi connectivity index (χ1) is 6.45. The highest BCUT2D eigenvalue weighted by Gasteiger charge is 2.34. The molecule has 0 aliphatic rings. The molecule has 0 bridgehead atoms.